The van der Waals surface area contributed by atoms with Crippen molar-refractivity contribution in [3.8, 4) is 0 Å². The summed E-state index contributed by atoms with van der Waals surface area (Å²) in [5, 5.41) is 12.2. The largest absolute Gasteiger partial charge is 0.384 e. The number of nitrogen functional groups attached to an aromatic ring is 1. The van der Waals surface area contributed by atoms with Crippen molar-refractivity contribution in [1.29, 1.82) is 5.41 Å². The number of nitrogens with zero attached hydrogens (tertiary/aromatic N) is 3. The molecule has 0 bridgehead atoms. The smallest absolute Gasteiger partial charge is 0.137 e. The van der Waals surface area contributed by atoms with Crippen LogP contribution in [-0.2, 0) is 7.05 Å². The second-order valence-corrected chi connectivity index (χ2v) is 5.21. The van der Waals surface area contributed by atoms with Gasteiger partial charge in [-0.15, -0.1) is 0 Å². The molecule has 0 radical (unpaired) electrons. The maximum absolute atomic E-state index is 7.75. The zero-order chi connectivity index (χ0) is 13.3. The highest BCUT2D eigenvalue weighted by Crippen LogP contribution is 2.33. The van der Waals surface area contributed by atoms with E-state index in [1.165, 1.54) is 12.8 Å². The standard InChI is InChI=1S/C13H23N5/c1-4-7-18(8-10-5-6-10)13-11(12(14)15)9(2)16-17(13)3/h10H,4-8H2,1-3H3,(H3,14,15). The minimum atomic E-state index is 0.118. The topological polar surface area (TPSA) is 70.9 Å². The number of aryl methyl sites for hydroxylation is 2. The Hall–Kier alpha value is -1.52. The molecule has 1 saturated carbocycles. The normalized spacial score (nSPS) is 14.8. The lowest BCUT2D eigenvalue weighted by Crippen LogP contribution is -2.30. The van der Waals surface area contributed by atoms with Crippen molar-refractivity contribution in [2.24, 2.45) is 18.7 Å². The number of anilines is 1. The summed E-state index contributed by atoms with van der Waals surface area (Å²) >= 11 is 0. The van der Waals surface area contributed by atoms with Gasteiger partial charge in [0, 0.05) is 20.1 Å². The molecule has 1 fully saturated rings. The van der Waals surface area contributed by atoms with Crippen molar-refractivity contribution >= 4 is 11.7 Å². The third-order valence-corrected chi connectivity index (χ3v) is 3.43. The van der Waals surface area contributed by atoms with E-state index in [1.54, 1.807) is 0 Å². The first-order valence-corrected chi connectivity index (χ1v) is 6.67. The number of hydrogen-bond donors (Lipinski definition) is 2. The first-order valence-electron chi connectivity index (χ1n) is 6.67. The van der Waals surface area contributed by atoms with Crippen LogP contribution in [0.4, 0.5) is 5.82 Å². The molecule has 0 atom stereocenters. The van der Waals surface area contributed by atoms with Crippen LogP contribution in [-0.4, -0.2) is 28.7 Å². The predicted molar refractivity (Wildman–Crippen MR) is 74.2 cm³/mol. The number of hydrogen-bond acceptors (Lipinski definition) is 3. The van der Waals surface area contributed by atoms with Gasteiger partial charge in [0.1, 0.15) is 11.7 Å². The van der Waals surface area contributed by atoms with E-state index in [9.17, 15) is 0 Å². The van der Waals surface area contributed by atoms with Gasteiger partial charge in [0.2, 0.25) is 0 Å². The van der Waals surface area contributed by atoms with Gasteiger partial charge in [-0.25, -0.2) is 0 Å². The molecule has 3 N–H and O–H groups in total. The summed E-state index contributed by atoms with van der Waals surface area (Å²) in [6.45, 7) is 6.15. The minimum Gasteiger partial charge on any atom is -0.384 e. The fourth-order valence-electron chi connectivity index (χ4n) is 2.49. The van der Waals surface area contributed by atoms with E-state index >= 15 is 0 Å². The zero-order valence-electron chi connectivity index (χ0n) is 11.5. The Kier molecular flexibility index (Phi) is 3.59. The van der Waals surface area contributed by atoms with Crippen LogP contribution in [0.1, 0.15) is 37.4 Å². The van der Waals surface area contributed by atoms with E-state index < -0.39 is 0 Å². The second-order valence-electron chi connectivity index (χ2n) is 5.21. The van der Waals surface area contributed by atoms with Crippen molar-refractivity contribution in [3.05, 3.63) is 11.3 Å². The van der Waals surface area contributed by atoms with Gasteiger partial charge >= 0.3 is 0 Å². The van der Waals surface area contributed by atoms with Crippen LogP contribution in [0.15, 0.2) is 0 Å². The molecule has 0 spiro atoms. The molecule has 0 saturated heterocycles. The highest BCUT2D eigenvalue weighted by Gasteiger charge is 2.28. The summed E-state index contributed by atoms with van der Waals surface area (Å²) in [6, 6.07) is 0. The fourth-order valence-corrected chi connectivity index (χ4v) is 2.49. The number of nitrogens with two attached hydrogens (primary N) is 1. The Morgan fingerprint density at radius 3 is 2.72 bits per heavy atom. The summed E-state index contributed by atoms with van der Waals surface area (Å²) in [6.07, 6.45) is 3.74. The minimum absolute atomic E-state index is 0.118. The monoisotopic (exact) mass is 249 g/mol. The molecule has 5 heteroatoms. The Morgan fingerprint density at radius 2 is 2.22 bits per heavy atom. The molecule has 1 aliphatic carbocycles. The van der Waals surface area contributed by atoms with E-state index in [2.05, 4.69) is 16.9 Å². The SMILES string of the molecule is CCCN(CC1CC1)c1c(C(=N)N)c(C)nn1C. The second kappa shape index (κ2) is 5.00. The number of amidine groups is 1. The van der Waals surface area contributed by atoms with E-state index in [1.807, 2.05) is 18.7 Å². The highest BCUT2D eigenvalue weighted by molar-refractivity contribution is 6.00. The summed E-state index contributed by atoms with van der Waals surface area (Å²) in [7, 11) is 1.93. The average Bonchev–Trinajstić information content (AvgIpc) is 3.02. The Balaban J connectivity index is 2.34. The maximum atomic E-state index is 7.75. The van der Waals surface area contributed by atoms with Crippen molar-refractivity contribution in [1.82, 2.24) is 9.78 Å². The van der Waals surface area contributed by atoms with Crippen LogP contribution in [0.2, 0.25) is 0 Å². The molecule has 0 amide bonds. The first kappa shape index (κ1) is 12.9. The quantitative estimate of drug-likeness (QED) is 0.594. The molecule has 1 heterocycles. The Morgan fingerprint density at radius 1 is 1.56 bits per heavy atom. The molecule has 1 aromatic heterocycles. The van der Waals surface area contributed by atoms with Gasteiger partial charge in [-0.1, -0.05) is 6.92 Å². The fraction of sp³-hybridized carbons (Fsp3) is 0.692. The Bertz CT molecular complexity index is 444. The molecule has 0 unspecified atom stereocenters. The van der Waals surface area contributed by atoms with E-state index in [0.29, 0.717) is 0 Å². The van der Waals surface area contributed by atoms with Crippen molar-refractivity contribution < 1.29 is 0 Å². The number of nitrogens with one attached hydrogen (secondary N) is 1. The molecular weight excluding hydrogens is 226 g/mol. The van der Waals surface area contributed by atoms with Crippen molar-refractivity contribution in [3.63, 3.8) is 0 Å². The van der Waals surface area contributed by atoms with Gasteiger partial charge in [0.25, 0.3) is 0 Å². The molecule has 1 aromatic rings. The summed E-state index contributed by atoms with van der Waals surface area (Å²) in [5.41, 5.74) is 7.35. The summed E-state index contributed by atoms with van der Waals surface area (Å²) in [4.78, 5) is 2.34. The molecule has 18 heavy (non-hydrogen) atoms. The molecule has 2 rings (SSSR count). The third-order valence-electron chi connectivity index (χ3n) is 3.43. The van der Waals surface area contributed by atoms with Crippen LogP contribution < -0.4 is 10.6 Å². The lowest BCUT2D eigenvalue weighted by Gasteiger charge is -2.25. The van der Waals surface area contributed by atoms with E-state index in [0.717, 1.165) is 42.5 Å². The van der Waals surface area contributed by atoms with Crippen LogP contribution in [0.3, 0.4) is 0 Å². The molecule has 0 aromatic carbocycles. The van der Waals surface area contributed by atoms with Crippen LogP contribution in [0, 0.1) is 18.3 Å². The lowest BCUT2D eigenvalue weighted by atomic mass is 10.2. The van der Waals surface area contributed by atoms with Gasteiger partial charge in [-0.3, -0.25) is 10.1 Å². The van der Waals surface area contributed by atoms with Gasteiger partial charge in [-0.2, -0.15) is 5.10 Å². The van der Waals surface area contributed by atoms with Crippen LogP contribution in [0.25, 0.3) is 0 Å². The Labute approximate surface area is 108 Å². The zero-order valence-corrected chi connectivity index (χ0v) is 11.5. The van der Waals surface area contributed by atoms with E-state index in [-0.39, 0.29) is 5.84 Å². The first-order chi connectivity index (χ1) is 8.54. The molecule has 0 aliphatic heterocycles. The van der Waals surface area contributed by atoms with Crippen molar-refractivity contribution in [2.45, 2.75) is 33.1 Å². The highest BCUT2D eigenvalue weighted by atomic mass is 15.4. The third kappa shape index (κ3) is 2.49. The predicted octanol–water partition coefficient (Wildman–Crippen LogP) is 1.64. The summed E-state index contributed by atoms with van der Waals surface area (Å²) in [5.74, 6) is 1.94. The van der Waals surface area contributed by atoms with Gasteiger partial charge in [0.05, 0.1) is 11.3 Å². The van der Waals surface area contributed by atoms with Gasteiger partial charge in [-0.05, 0) is 32.1 Å². The molecular formula is C13H23N5. The van der Waals surface area contributed by atoms with E-state index in [4.69, 9.17) is 11.1 Å². The lowest BCUT2D eigenvalue weighted by molar-refractivity contribution is 0.657. The van der Waals surface area contributed by atoms with Crippen LogP contribution in [0.5, 0.6) is 0 Å². The van der Waals surface area contributed by atoms with Gasteiger partial charge in [0.15, 0.2) is 0 Å². The number of aromatic nitrogens is 2. The van der Waals surface area contributed by atoms with Crippen LogP contribution >= 0.6 is 0 Å². The summed E-state index contributed by atoms with van der Waals surface area (Å²) < 4.78 is 1.87. The average molecular weight is 249 g/mol. The van der Waals surface area contributed by atoms with Crippen molar-refractivity contribution in [2.75, 3.05) is 18.0 Å². The molecule has 5 nitrogen and oxygen atoms in total. The molecule has 1 aliphatic rings. The van der Waals surface area contributed by atoms with Gasteiger partial charge < -0.3 is 10.6 Å². The molecule has 100 valence electrons. The maximum Gasteiger partial charge on any atom is 0.137 e. The number of rotatable bonds is 6.